The number of nitriles is 1. The lowest BCUT2D eigenvalue weighted by atomic mass is 9.86. The number of nitrogens with zero attached hydrogens (tertiary/aromatic N) is 2. The standard InChI is InChI=1S/C17H22N2O3/c1-19(16(20)17(13-18)9-3-4-10-17)11-12-22-15-7-5-14(21-2)6-8-15/h5-8H,3-4,9-12H2,1-2H3. The molecule has 1 amide bonds. The Morgan fingerprint density at radius 1 is 1.27 bits per heavy atom. The second kappa shape index (κ2) is 7.17. The Morgan fingerprint density at radius 3 is 2.41 bits per heavy atom. The Morgan fingerprint density at radius 2 is 1.86 bits per heavy atom. The van der Waals surface area contributed by atoms with Gasteiger partial charge in [0.25, 0.3) is 0 Å². The molecule has 1 aliphatic carbocycles. The Kier molecular flexibility index (Phi) is 5.26. The highest BCUT2D eigenvalue weighted by Crippen LogP contribution is 2.38. The lowest BCUT2D eigenvalue weighted by Gasteiger charge is -2.26. The van der Waals surface area contributed by atoms with Gasteiger partial charge in [0.15, 0.2) is 0 Å². The number of likely N-dealkylation sites (N-methyl/N-ethyl adjacent to an activating group) is 1. The molecule has 22 heavy (non-hydrogen) atoms. The first-order valence-corrected chi connectivity index (χ1v) is 7.55. The SMILES string of the molecule is COc1ccc(OCCN(C)C(=O)C2(C#N)CCCC2)cc1. The van der Waals surface area contributed by atoms with Gasteiger partial charge < -0.3 is 14.4 Å². The highest BCUT2D eigenvalue weighted by atomic mass is 16.5. The molecule has 0 bridgehead atoms. The maximum atomic E-state index is 12.5. The van der Waals surface area contributed by atoms with Crippen molar-refractivity contribution in [3.8, 4) is 17.6 Å². The van der Waals surface area contributed by atoms with E-state index < -0.39 is 5.41 Å². The third-order valence-electron chi connectivity index (χ3n) is 4.18. The zero-order valence-electron chi connectivity index (χ0n) is 13.2. The Hall–Kier alpha value is -2.22. The molecule has 1 aliphatic rings. The normalized spacial score (nSPS) is 15.9. The topological polar surface area (TPSA) is 62.6 Å². The summed E-state index contributed by atoms with van der Waals surface area (Å²) in [5.74, 6) is 1.43. The molecule has 0 unspecified atom stereocenters. The predicted molar refractivity (Wildman–Crippen MR) is 82.6 cm³/mol. The summed E-state index contributed by atoms with van der Waals surface area (Å²) in [6, 6.07) is 9.54. The van der Waals surface area contributed by atoms with Gasteiger partial charge >= 0.3 is 0 Å². The van der Waals surface area contributed by atoms with Gasteiger partial charge in [0.05, 0.1) is 19.7 Å². The highest BCUT2D eigenvalue weighted by molar-refractivity contribution is 5.85. The monoisotopic (exact) mass is 302 g/mol. The van der Waals surface area contributed by atoms with Crippen molar-refractivity contribution in [1.29, 1.82) is 5.26 Å². The maximum absolute atomic E-state index is 12.5. The number of ether oxygens (including phenoxy) is 2. The van der Waals surface area contributed by atoms with Crippen molar-refractivity contribution in [2.45, 2.75) is 25.7 Å². The van der Waals surface area contributed by atoms with Gasteiger partial charge in [0.1, 0.15) is 23.5 Å². The van der Waals surface area contributed by atoms with Crippen LogP contribution < -0.4 is 9.47 Å². The van der Waals surface area contributed by atoms with Gasteiger partial charge in [-0.3, -0.25) is 4.79 Å². The highest BCUT2D eigenvalue weighted by Gasteiger charge is 2.43. The molecule has 0 radical (unpaired) electrons. The zero-order valence-corrected chi connectivity index (χ0v) is 13.2. The van der Waals surface area contributed by atoms with E-state index >= 15 is 0 Å². The van der Waals surface area contributed by atoms with Crippen molar-refractivity contribution in [2.24, 2.45) is 5.41 Å². The molecule has 0 saturated heterocycles. The van der Waals surface area contributed by atoms with Gasteiger partial charge in [0, 0.05) is 7.05 Å². The van der Waals surface area contributed by atoms with Crippen molar-refractivity contribution in [1.82, 2.24) is 4.90 Å². The van der Waals surface area contributed by atoms with E-state index in [2.05, 4.69) is 6.07 Å². The molecule has 1 aromatic rings. The fourth-order valence-electron chi connectivity index (χ4n) is 2.79. The number of carbonyl (C=O) groups is 1. The van der Waals surface area contributed by atoms with Gasteiger partial charge in [-0.25, -0.2) is 0 Å². The summed E-state index contributed by atoms with van der Waals surface area (Å²) in [5.41, 5.74) is -0.811. The molecule has 0 N–H and O–H groups in total. The molecule has 0 heterocycles. The molecule has 0 aromatic heterocycles. The van der Waals surface area contributed by atoms with E-state index in [1.165, 1.54) is 0 Å². The first kappa shape index (κ1) is 16.2. The van der Waals surface area contributed by atoms with Crippen molar-refractivity contribution in [3.05, 3.63) is 24.3 Å². The first-order chi connectivity index (χ1) is 10.6. The van der Waals surface area contributed by atoms with E-state index in [4.69, 9.17) is 9.47 Å². The summed E-state index contributed by atoms with van der Waals surface area (Å²) in [4.78, 5) is 14.1. The zero-order chi connectivity index (χ0) is 16.0. The van der Waals surface area contributed by atoms with Crippen LogP contribution in [0.3, 0.4) is 0 Å². The second-order valence-electron chi connectivity index (χ2n) is 5.65. The lowest BCUT2D eigenvalue weighted by Crippen LogP contribution is -2.41. The van der Waals surface area contributed by atoms with E-state index in [0.717, 1.165) is 24.3 Å². The van der Waals surface area contributed by atoms with E-state index in [9.17, 15) is 10.1 Å². The fraction of sp³-hybridized carbons (Fsp3) is 0.529. The number of benzene rings is 1. The molecule has 1 aromatic carbocycles. The number of methoxy groups -OCH3 is 1. The second-order valence-corrected chi connectivity index (χ2v) is 5.65. The molecule has 1 saturated carbocycles. The van der Waals surface area contributed by atoms with Gasteiger partial charge in [0.2, 0.25) is 5.91 Å². The van der Waals surface area contributed by atoms with Crippen LogP contribution in [0, 0.1) is 16.7 Å². The van der Waals surface area contributed by atoms with Crippen LogP contribution in [0.15, 0.2) is 24.3 Å². The summed E-state index contributed by atoms with van der Waals surface area (Å²) in [6.07, 6.45) is 3.25. The maximum Gasteiger partial charge on any atom is 0.242 e. The van der Waals surface area contributed by atoms with Crippen LogP contribution >= 0.6 is 0 Å². The number of amides is 1. The number of hydrogen-bond donors (Lipinski definition) is 0. The third kappa shape index (κ3) is 3.51. The summed E-state index contributed by atoms with van der Waals surface area (Å²) in [6.45, 7) is 0.865. The third-order valence-corrected chi connectivity index (χ3v) is 4.18. The molecule has 5 nitrogen and oxygen atoms in total. The molecular formula is C17H22N2O3. The minimum Gasteiger partial charge on any atom is -0.497 e. The fourth-order valence-corrected chi connectivity index (χ4v) is 2.79. The molecule has 2 rings (SSSR count). The molecular weight excluding hydrogens is 280 g/mol. The van der Waals surface area contributed by atoms with Crippen molar-refractivity contribution in [3.63, 3.8) is 0 Å². The van der Waals surface area contributed by atoms with Crippen LogP contribution in [0.4, 0.5) is 0 Å². The molecule has 0 spiro atoms. The van der Waals surface area contributed by atoms with Gasteiger partial charge in [-0.05, 0) is 37.1 Å². The summed E-state index contributed by atoms with van der Waals surface area (Å²) in [5, 5.41) is 9.35. The predicted octanol–water partition coefficient (Wildman–Crippen LogP) is 2.62. The molecule has 118 valence electrons. The average molecular weight is 302 g/mol. The average Bonchev–Trinajstić information content (AvgIpc) is 3.05. The van der Waals surface area contributed by atoms with Gasteiger partial charge in [-0.1, -0.05) is 12.8 Å². The summed E-state index contributed by atoms with van der Waals surface area (Å²) >= 11 is 0. The van der Waals surface area contributed by atoms with Crippen molar-refractivity contribution in [2.75, 3.05) is 27.3 Å². The summed E-state index contributed by atoms with van der Waals surface area (Å²) < 4.78 is 10.7. The smallest absolute Gasteiger partial charge is 0.242 e. The number of rotatable bonds is 6. The quantitative estimate of drug-likeness (QED) is 0.810. The number of carbonyl (C=O) groups excluding carboxylic acids is 1. The molecule has 1 fully saturated rings. The van der Waals surface area contributed by atoms with Gasteiger partial charge in [-0.2, -0.15) is 5.26 Å². The Bertz CT molecular complexity index is 542. The van der Waals surface area contributed by atoms with E-state index in [0.29, 0.717) is 26.0 Å². The molecule has 0 aliphatic heterocycles. The van der Waals surface area contributed by atoms with Crippen LogP contribution in [0.25, 0.3) is 0 Å². The van der Waals surface area contributed by atoms with E-state index in [-0.39, 0.29) is 5.91 Å². The minimum absolute atomic E-state index is 0.0779. The summed E-state index contributed by atoms with van der Waals surface area (Å²) in [7, 11) is 3.35. The Labute approximate surface area is 131 Å². The first-order valence-electron chi connectivity index (χ1n) is 7.55. The van der Waals surface area contributed by atoms with Crippen LogP contribution in [0.2, 0.25) is 0 Å². The number of hydrogen-bond acceptors (Lipinski definition) is 4. The Balaban J connectivity index is 1.83. The van der Waals surface area contributed by atoms with E-state index in [1.807, 2.05) is 24.3 Å². The van der Waals surface area contributed by atoms with Crippen LogP contribution in [0.1, 0.15) is 25.7 Å². The van der Waals surface area contributed by atoms with Crippen LogP contribution in [0.5, 0.6) is 11.5 Å². The minimum atomic E-state index is -0.811. The molecule has 5 heteroatoms. The van der Waals surface area contributed by atoms with Crippen LogP contribution in [-0.2, 0) is 4.79 Å². The molecule has 0 atom stereocenters. The van der Waals surface area contributed by atoms with Crippen molar-refractivity contribution < 1.29 is 14.3 Å². The van der Waals surface area contributed by atoms with Crippen molar-refractivity contribution >= 4 is 5.91 Å². The largest absolute Gasteiger partial charge is 0.497 e. The van der Waals surface area contributed by atoms with Crippen LogP contribution in [-0.4, -0.2) is 38.1 Å². The van der Waals surface area contributed by atoms with E-state index in [1.54, 1.807) is 19.1 Å². The van der Waals surface area contributed by atoms with Gasteiger partial charge in [-0.15, -0.1) is 0 Å². The lowest BCUT2D eigenvalue weighted by molar-refractivity contribution is -0.137.